The average Bonchev–Trinajstić information content (AvgIpc) is 2.55. The topological polar surface area (TPSA) is 73.9 Å². The highest BCUT2D eigenvalue weighted by molar-refractivity contribution is 5.92. The second-order valence-electron chi connectivity index (χ2n) is 8.17. The Labute approximate surface area is 162 Å². The SMILES string of the molecule is CC(C)Nc1ccc(NC(=O)CN2CCN(C(=O)OC(C)(C)C)CC2)cc1. The first-order valence-electron chi connectivity index (χ1n) is 9.49. The molecule has 0 aliphatic carbocycles. The first kappa shape index (κ1) is 21.0. The summed E-state index contributed by atoms with van der Waals surface area (Å²) in [5.74, 6) is -0.0507. The van der Waals surface area contributed by atoms with Gasteiger partial charge in [0.2, 0.25) is 5.91 Å². The van der Waals surface area contributed by atoms with E-state index >= 15 is 0 Å². The number of piperazine rings is 1. The summed E-state index contributed by atoms with van der Waals surface area (Å²) in [7, 11) is 0. The van der Waals surface area contributed by atoms with Gasteiger partial charge < -0.3 is 20.3 Å². The summed E-state index contributed by atoms with van der Waals surface area (Å²) in [5, 5.41) is 6.24. The van der Waals surface area contributed by atoms with Crippen molar-refractivity contribution in [2.24, 2.45) is 0 Å². The number of amides is 2. The minimum Gasteiger partial charge on any atom is -0.444 e. The number of hydrogen-bond acceptors (Lipinski definition) is 5. The molecule has 1 aliphatic heterocycles. The Morgan fingerprint density at radius 1 is 1.04 bits per heavy atom. The van der Waals surface area contributed by atoms with Crippen molar-refractivity contribution in [1.82, 2.24) is 9.80 Å². The van der Waals surface area contributed by atoms with E-state index in [0.717, 1.165) is 11.4 Å². The van der Waals surface area contributed by atoms with Crippen LogP contribution in [-0.2, 0) is 9.53 Å². The predicted molar refractivity (Wildman–Crippen MR) is 108 cm³/mol. The first-order valence-corrected chi connectivity index (χ1v) is 9.49. The number of benzene rings is 1. The van der Waals surface area contributed by atoms with Crippen LogP contribution in [-0.4, -0.2) is 66.2 Å². The second kappa shape index (κ2) is 9.08. The van der Waals surface area contributed by atoms with E-state index in [9.17, 15) is 9.59 Å². The van der Waals surface area contributed by atoms with Gasteiger partial charge in [-0.2, -0.15) is 0 Å². The van der Waals surface area contributed by atoms with Crippen LogP contribution in [0.15, 0.2) is 24.3 Å². The molecule has 27 heavy (non-hydrogen) atoms. The molecular formula is C20H32N4O3. The van der Waals surface area contributed by atoms with Crippen LogP contribution in [0.3, 0.4) is 0 Å². The van der Waals surface area contributed by atoms with Gasteiger partial charge in [-0.25, -0.2) is 4.79 Å². The maximum atomic E-state index is 12.3. The van der Waals surface area contributed by atoms with Crippen LogP contribution in [0.5, 0.6) is 0 Å². The molecule has 0 atom stereocenters. The normalized spacial score (nSPS) is 15.6. The molecule has 2 rings (SSSR count). The van der Waals surface area contributed by atoms with Crippen LogP contribution in [0.1, 0.15) is 34.6 Å². The Hall–Kier alpha value is -2.28. The number of carbonyl (C=O) groups excluding carboxylic acids is 2. The van der Waals surface area contributed by atoms with Gasteiger partial charge in [0.1, 0.15) is 5.60 Å². The van der Waals surface area contributed by atoms with E-state index in [2.05, 4.69) is 24.5 Å². The fourth-order valence-electron chi connectivity index (χ4n) is 2.80. The summed E-state index contributed by atoms with van der Waals surface area (Å²) in [6.07, 6.45) is -0.290. The zero-order valence-electron chi connectivity index (χ0n) is 17.0. The Kier molecular flexibility index (Phi) is 7.07. The largest absolute Gasteiger partial charge is 0.444 e. The van der Waals surface area contributed by atoms with Crippen LogP contribution >= 0.6 is 0 Å². The molecule has 150 valence electrons. The molecule has 2 N–H and O–H groups in total. The third kappa shape index (κ3) is 7.46. The van der Waals surface area contributed by atoms with E-state index in [4.69, 9.17) is 4.74 Å². The molecule has 0 spiro atoms. The number of nitrogens with zero attached hydrogens (tertiary/aromatic N) is 2. The molecule has 1 aromatic rings. The Morgan fingerprint density at radius 3 is 2.11 bits per heavy atom. The molecule has 1 fully saturated rings. The molecule has 0 radical (unpaired) electrons. The molecule has 2 amide bonds. The molecule has 1 saturated heterocycles. The van der Waals surface area contributed by atoms with E-state index in [1.807, 2.05) is 49.9 Å². The lowest BCUT2D eigenvalue weighted by atomic mass is 10.2. The second-order valence-corrected chi connectivity index (χ2v) is 8.17. The Morgan fingerprint density at radius 2 is 1.59 bits per heavy atom. The van der Waals surface area contributed by atoms with Crippen molar-refractivity contribution in [3.8, 4) is 0 Å². The van der Waals surface area contributed by atoms with Crippen molar-refractivity contribution >= 4 is 23.4 Å². The van der Waals surface area contributed by atoms with E-state index in [0.29, 0.717) is 38.8 Å². The summed E-state index contributed by atoms with van der Waals surface area (Å²) in [6, 6.07) is 8.06. The third-order valence-corrected chi connectivity index (χ3v) is 4.02. The maximum Gasteiger partial charge on any atom is 0.410 e. The van der Waals surface area contributed by atoms with Crippen molar-refractivity contribution in [3.63, 3.8) is 0 Å². The van der Waals surface area contributed by atoms with Gasteiger partial charge in [0.05, 0.1) is 6.54 Å². The molecule has 1 aromatic carbocycles. The summed E-state index contributed by atoms with van der Waals surface area (Å²) < 4.78 is 5.39. The maximum absolute atomic E-state index is 12.3. The van der Waals surface area contributed by atoms with Gasteiger partial charge in [-0.3, -0.25) is 9.69 Å². The van der Waals surface area contributed by atoms with E-state index < -0.39 is 5.60 Å². The van der Waals surface area contributed by atoms with Gasteiger partial charge in [-0.05, 0) is 58.9 Å². The van der Waals surface area contributed by atoms with Gasteiger partial charge >= 0.3 is 6.09 Å². The highest BCUT2D eigenvalue weighted by Gasteiger charge is 2.26. The van der Waals surface area contributed by atoms with Crippen molar-refractivity contribution in [2.45, 2.75) is 46.3 Å². The lowest BCUT2D eigenvalue weighted by Gasteiger charge is -2.35. The van der Waals surface area contributed by atoms with Crippen molar-refractivity contribution in [1.29, 1.82) is 0 Å². The van der Waals surface area contributed by atoms with E-state index in [1.165, 1.54) is 0 Å². The monoisotopic (exact) mass is 376 g/mol. The highest BCUT2D eigenvalue weighted by Crippen LogP contribution is 2.15. The van der Waals surface area contributed by atoms with Crippen LogP contribution in [0.25, 0.3) is 0 Å². The van der Waals surface area contributed by atoms with Crippen molar-refractivity contribution in [3.05, 3.63) is 24.3 Å². The highest BCUT2D eigenvalue weighted by atomic mass is 16.6. The van der Waals surface area contributed by atoms with Crippen LogP contribution in [0, 0.1) is 0 Å². The van der Waals surface area contributed by atoms with E-state index in [1.54, 1.807) is 4.90 Å². The van der Waals surface area contributed by atoms with Gasteiger partial charge in [-0.15, -0.1) is 0 Å². The lowest BCUT2D eigenvalue weighted by molar-refractivity contribution is -0.117. The van der Waals surface area contributed by atoms with Crippen LogP contribution in [0.4, 0.5) is 16.2 Å². The zero-order valence-corrected chi connectivity index (χ0v) is 17.0. The predicted octanol–water partition coefficient (Wildman–Crippen LogP) is 3.00. The average molecular weight is 377 g/mol. The lowest BCUT2D eigenvalue weighted by Crippen LogP contribution is -2.51. The molecule has 1 heterocycles. The number of carbonyl (C=O) groups is 2. The number of nitrogens with one attached hydrogen (secondary N) is 2. The standard InChI is InChI=1S/C20H32N4O3/c1-15(2)21-16-6-8-17(9-7-16)22-18(25)14-23-10-12-24(13-11-23)19(26)27-20(3,4)5/h6-9,15,21H,10-14H2,1-5H3,(H,22,25). The summed E-state index contributed by atoms with van der Waals surface area (Å²) >= 11 is 0. The molecule has 0 unspecified atom stereocenters. The molecule has 1 aliphatic rings. The number of rotatable bonds is 5. The number of anilines is 2. The Balaban J connectivity index is 1.75. The van der Waals surface area contributed by atoms with Crippen LogP contribution in [0.2, 0.25) is 0 Å². The fraction of sp³-hybridized carbons (Fsp3) is 0.600. The third-order valence-electron chi connectivity index (χ3n) is 4.02. The van der Waals surface area contributed by atoms with Gasteiger partial charge in [0.15, 0.2) is 0 Å². The van der Waals surface area contributed by atoms with Crippen LogP contribution < -0.4 is 10.6 Å². The molecular weight excluding hydrogens is 344 g/mol. The van der Waals surface area contributed by atoms with Crippen molar-refractivity contribution in [2.75, 3.05) is 43.4 Å². The smallest absolute Gasteiger partial charge is 0.410 e. The fourth-order valence-corrected chi connectivity index (χ4v) is 2.80. The van der Waals surface area contributed by atoms with Gasteiger partial charge in [0.25, 0.3) is 0 Å². The van der Waals surface area contributed by atoms with Gasteiger partial charge in [-0.1, -0.05) is 0 Å². The summed E-state index contributed by atoms with van der Waals surface area (Å²) in [6.45, 7) is 12.5. The molecule has 7 nitrogen and oxygen atoms in total. The summed E-state index contributed by atoms with van der Waals surface area (Å²) in [4.78, 5) is 28.1. The van der Waals surface area contributed by atoms with E-state index in [-0.39, 0.29) is 12.0 Å². The van der Waals surface area contributed by atoms with Crippen molar-refractivity contribution < 1.29 is 14.3 Å². The first-order chi connectivity index (χ1) is 12.6. The zero-order chi connectivity index (χ0) is 20.0. The molecule has 7 heteroatoms. The molecule has 0 bridgehead atoms. The Bertz CT molecular complexity index is 630. The number of ether oxygens (including phenoxy) is 1. The quantitative estimate of drug-likeness (QED) is 0.826. The minimum absolute atomic E-state index is 0.0507. The van der Waals surface area contributed by atoms with Gasteiger partial charge in [0, 0.05) is 43.6 Å². The summed E-state index contributed by atoms with van der Waals surface area (Å²) in [5.41, 5.74) is 1.32. The number of hydrogen-bond donors (Lipinski definition) is 2. The minimum atomic E-state index is -0.492. The molecule has 0 aromatic heterocycles. The molecule has 0 saturated carbocycles.